The SMILES string of the molecule is C#Cc1nn(C2CNC2)c(NC)c1C(N)=O.Cl.Cl. The predicted octanol–water partition coefficient (Wildman–Crippen LogP) is -0.00710. The molecule has 0 unspecified atom stereocenters. The van der Waals surface area contributed by atoms with Crippen molar-refractivity contribution < 1.29 is 4.79 Å². The van der Waals surface area contributed by atoms with E-state index in [1.807, 2.05) is 0 Å². The number of primary amides is 1. The van der Waals surface area contributed by atoms with E-state index in [0.29, 0.717) is 11.5 Å². The van der Waals surface area contributed by atoms with Gasteiger partial charge in [-0.1, -0.05) is 0 Å². The average Bonchev–Trinajstić information content (AvgIpc) is 2.53. The van der Waals surface area contributed by atoms with Crippen molar-refractivity contribution in [3.05, 3.63) is 11.3 Å². The molecule has 1 saturated heterocycles. The predicted molar refractivity (Wildman–Crippen MR) is 74.6 cm³/mol. The number of nitrogens with zero attached hydrogens (tertiary/aromatic N) is 2. The Morgan fingerprint density at radius 3 is 2.56 bits per heavy atom. The van der Waals surface area contributed by atoms with Gasteiger partial charge in [-0.2, -0.15) is 5.10 Å². The molecule has 0 radical (unpaired) electrons. The summed E-state index contributed by atoms with van der Waals surface area (Å²) in [6.45, 7) is 1.64. The van der Waals surface area contributed by atoms with Crippen molar-refractivity contribution in [1.29, 1.82) is 0 Å². The summed E-state index contributed by atoms with van der Waals surface area (Å²) in [5.74, 6) is 2.41. The number of hydrogen-bond acceptors (Lipinski definition) is 4. The molecule has 1 aliphatic rings. The molecule has 18 heavy (non-hydrogen) atoms. The van der Waals surface area contributed by atoms with Gasteiger partial charge in [0.05, 0.1) is 6.04 Å². The Balaban J connectivity index is 0.00000144. The largest absolute Gasteiger partial charge is 0.373 e. The summed E-state index contributed by atoms with van der Waals surface area (Å²) < 4.78 is 1.73. The van der Waals surface area contributed by atoms with Crippen LogP contribution in [0.4, 0.5) is 5.82 Å². The summed E-state index contributed by atoms with van der Waals surface area (Å²) in [6.07, 6.45) is 5.31. The Morgan fingerprint density at radius 2 is 2.22 bits per heavy atom. The molecule has 0 saturated carbocycles. The Kier molecular flexibility index (Phi) is 5.98. The van der Waals surface area contributed by atoms with Gasteiger partial charge < -0.3 is 16.4 Å². The summed E-state index contributed by atoms with van der Waals surface area (Å²) in [4.78, 5) is 11.3. The zero-order valence-corrected chi connectivity index (χ0v) is 11.4. The second-order valence-corrected chi connectivity index (χ2v) is 3.59. The maximum Gasteiger partial charge on any atom is 0.255 e. The van der Waals surface area contributed by atoms with E-state index in [2.05, 4.69) is 21.7 Å². The summed E-state index contributed by atoms with van der Waals surface area (Å²) >= 11 is 0. The number of nitrogens with two attached hydrogens (primary N) is 1. The van der Waals surface area contributed by atoms with Gasteiger partial charge in [0.1, 0.15) is 17.1 Å². The summed E-state index contributed by atoms with van der Waals surface area (Å²) in [5, 5.41) is 10.3. The fraction of sp³-hybridized carbons (Fsp3) is 0.400. The third kappa shape index (κ3) is 2.53. The number of rotatable bonds is 3. The molecule has 1 aromatic heterocycles. The number of halogens is 2. The van der Waals surface area contributed by atoms with Crippen LogP contribution in [0.25, 0.3) is 0 Å². The Bertz CT molecular complexity index is 475. The molecule has 100 valence electrons. The average molecular weight is 292 g/mol. The minimum absolute atomic E-state index is 0. The molecule has 1 fully saturated rings. The number of carbonyl (C=O) groups is 1. The standard InChI is InChI=1S/C10H13N5O.2ClH/c1-3-7-8(9(11)16)10(12-2)15(14-7)6-4-13-5-6;;/h1,6,12-13H,4-5H2,2H3,(H2,11,16);2*1H. The van der Waals surface area contributed by atoms with Gasteiger partial charge in [0.2, 0.25) is 0 Å². The molecule has 1 amide bonds. The van der Waals surface area contributed by atoms with Crippen molar-refractivity contribution >= 4 is 36.5 Å². The molecule has 2 rings (SSSR count). The highest BCUT2D eigenvalue weighted by Gasteiger charge is 2.27. The third-order valence-electron chi connectivity index (χ3n) is 2.64. The van der Waals surface area contributed by atoms with Crippen LogP contribution in [0, 0.1) is 12.3 Å². The number of anilines is 1. The van der Waals surface area contributed by atoms with E-state index in [4.69, 9.17) is 12.2 Å². The van der Waals surface area contributed by atoms with Crippen LogP contribution in [0.2, 0.25) is 0 Å². The van der Waals surface area contributed by atoms with Crippen LogP contribution in [0.3, 0.4) is 0 Å². The van der Waals surface area contributed by atoms with Gasteiger partial charge in [-0.3, -0.25) is 4.79 Å². The zero-order chi connectivity index (χ0) is 11.7. The molecule has 0 spiro atoms. The Morgan fingerprint density at radius 1 is 1.61 bits per heavy atom. The molecule has 1 aliphatic heterocycles. The number of terminal acetylenes is 1. The molecule has 0 aromatic carbocycles. The van der Waals surface area contributed by atoms with Gasteiger partial charge in [-0.15, -0.1) is 31.2 Å². The van der Waals surface area contributed by atoms with E-state index < -0.39 is 5.91 Å². The third-order valence-corrected chi connectivity index (χ3v) is 2.64. The van der Waals surface area contributed by atoms with Crippen LogP contribution in [0.15, 0.2) is 0 Å². The maximum atomic E-state index is 11.3. The summed E-state index contributed by atoms with van der Waals surface area (Å²) in [7, 11) is 1.71. The van der Waals surface area contributed by atoms with Crippen molar-refractivity contribution in [3.63, 3.8) is 0 Å². The number of hydrogen-bond donors (Lipinski definition) is 3. The van der Waals surface area contributed by atoms with Crippen LogP contribution in [-0.2, 0) is 0 Å². The lowest BCUT2D eigenvalue weighted by Gasteiger charge is -2.28. The Hall–Kier alpha value is -1.42. The van der Waals surface area contributed by atoms with Crippen LogP contribution in [0.1, 0.15) is 22.1 Å². The number of amides is 1. The maximum absolute atomic E-state index is 11.3. The lowest BCUT2D eigenvalue weighted by molar-refractivity contribution is 0.100. The van der Waals surface area contributed by atoms with E-state index in [1.54, 1.807) is 11.7 Å². The van der Waals surface area contributed by atoms with Crippen molar-refractivity contribution in [2.45, 2.75) is 6.04 Å². The highest BCUT2D eigenvalue weighted by molar-refractivity contribution is 6.00. The minimum atomic E-state index is -0.559. The fourth-order valence-electron chi connectivity index (χ4n) is 1.72. The minimum Gasteiger partial charge on any atom is -0.373 e. The molecule has 2 heterocycles. The van der Waals surface area contributed by atoms with Crippen LogP contribution < -0.4 is 16.4 Å². The first-order valence-corrected chi connectivity index (χ1v) is 4.96. The van der Waals surface area contributed by atoms with E-state index in [9.17, 15) is 4.79 Å². The highest BCUT2D eigenvalue weighted by atomic mass is 35.5. The van der Waals surface area contributed by atoms with Crippen molar-refractivity contribution in [2.24, 2.45) is 5.73 Å². The van der Waals surface area contributed by atoms with E-state index in [0.717, 1.165) is 13.1 Å². The lowest BCUT2D eigenvalue weighted by atomic mass is 10.2. The summed E-state index contributed by atoms with van der Waals surface area (Å²) in [6, 6.07) is 0.225. The van der Waals surface area contributed by atoms with E-state index in [1.165, 1.54) is 0 Å². The van der Waals surface area contributed by atoms with E-state index in [-0.39, 0.29) is 36.4 Å². The smallest absolute Gasteiger partial charge is 0.255 e. The van der Waals surface area contributed by atoms with Crippen LogP contribution >= 0.6 is 24.8 Å². The number of carbonyl (C=O) groups excluding carboxylic acids is 1. The zero-order valence-electron chi connectivity index (χ0n) is 9.77. The van der Waals surface area contributed by atoms with Gasteiger partial charge >= 0.3 is 0 Å². The van der Waals surface area contributed by atoms with Gasteiger partial charge in [-0.25, -0.2) is 4.68 Å². The van der Waals surface area contributed by atoms with Gasteiger partial charge in [0, 0.05) is 20.1 Å². The lowest BCUT2D eigenvalue weighted by Crippen LogP contribution is -2.44. The van der Waals surface area contributed by atoms with Crippen molar-refractivity contribution in [3.8, 4) is 12.3 Å². The molecule has 8 heteroatoms. The molecule has 0 atom stereocenters. The number of aromatic nitrogens is 2. The van der Waals surface area contributed by atoms with Crippen molar-refractivity contribution in [1.82, 2.24) is 15.1 Å². The van der Waals surface area contributed by atoms with Gasteiger partial charge in [-0.05, 0) is 5.92 Å². The monoisotopic (exact) mass is 291 g/mol. The summed E-state index contributed by atoms with van der Waals surface area (Å²) in [5.41, 5.74) is 5.88. The fourth-order valence-corrected chi connectivity index (χ4v) is 1.72. The Labute approximate surface area is 117 Å². The molecule has 1 aromatic rings. The van der Waals surface area contributed by atoms with Crippen LogP contribution in [-0.4, -0.2) is 35.8 Å². The van der Waals surface area contributed by atoms with Gasteiger partial charge in [0.25, 0.3) is 5.91 Å². The number of nitrogens with one attached hydrogen (secondary N) is 2. The molecule has 0 bridgehead atoms. The highest BCUT2D eigenvalue weighted by Crippen LogP contribution is 2.24. The normalized spacial score (nSPS) is 13.6. The first-order valence-electron chi connectivity index (χ1n) is 4.96. The van der Waals surface area contributed by atoms with E-state index >= 15 is 0 Å². The quantitative estimate of drug-likeness (QED) is 0.684. The second-order valence-electron chi connectivity index (χ2n) is 3.59. The molecule has 6 nitrogen and oxygen atoms in total. The topological polar surface area (TPSA) is 85.0 Å². The van der Waals surface area contributed by atoms with Gasteiger partial charge in [0.15, 0.2) is 0 Å². The van der Waals surface area contributed by atoms with Crippen LogP contribution in [0.5, 0.6) is 0 Å². The van der Waals surface area contributed by atoms with Crippen molar-refractivity contribution in [2.75, 3.05) is 25.5 Å². The second kappa shape index (κ2) is 6.50. The first-order chi connectivity index (χ1) is 7.69. The molecular weight excluding hydrogens is 277 g/mol. The first kappa shape index (κ1) is 16.6. The molecule has 0 aliphatic carbocycles. The molecule has 4 N–H and O–H groups in total. The molecular formula is C10H15Cl2N5O.